The summed E-state index contributed by atoms with van der Waals surface area (Å²) in [4.78, 5) is 4.25. The first-order chi connectivity index (χ1) is 6.88. The minimum atomic E-state index is 0.778. The first-order valence-corrected chi connectivity index (χ1v) is 5.55. The summed E-state index contributed by atoms with van der Waals surface area (Å²) in [6, 6.07) is 0.778. The van der Waals surface area contributed by atoms with Crippen molar-refractivity contribution in [3.05, 3.63) is 17.8 Å². The van der Waals surface area contributed by atoms with E-state index in [4.69, 9.17) is 4.42 Å². The number of hydrogen-bond donors (Lipinski definition) is 1. The molecule has 0 bridgehead atoms. The maximum Gasteiger partial charge on any atom is 0.195 e. The molecule has 3 heteroatoms. The maximum atomic E-state index is 5.58. The van der Waals surface area contributed by atoms with Crippen molar-refractivity contribution in [1.29, 1.82) is 0 Å². The van der Waals surface area contributed by atoms with Crippen molar-refractivity contribution >= 4 is 0 Å². The number of hydrogen-bond acceptors (Lipinski definition) is 3. The molecule has 2 rings (SSSR count). The van der Waals surface area contributed by atoms with Gasteiger partial charge in [0.15, 0.2) is 5.89 Å². The Morgan fingerprint density at radius 2 is 2.36 bits per heavy atom. The summed E-state index contributed by atoms with van der Waals surface area (Å²) < 4.78 is 5.58. The standard InChI is InChI=1S/C11H18N2O/c1-2-3-10-8-13-11(14-10)6-7-12-9-4-5-9/h8-9,12H,2-7H2,1H3. The summed E-state index contributed by atoms with van der Waals surface area (Å²) in [5.74, 6) is 1.90. The molecule has 0 amide bonds. The third kappa shape index (κ3) is 2.84. The molecule has 0 atom stereocenters. The molecule has 1 heterocycles. The van der Waals surface area contributed by atoms with E-state index in [9.17, 15) is 0 Å². The number of aromatic nitrogens is 1. The van der Waals surface area contributed by atoms with Crippen LogP contribution in [0.3, 0.4) is 0 Å². The van der Waals surface area contributed by atoms with Gasteiger partial charge >= 0.3 is 0 Å². The van der Waals surface area contributed by atoms with Crippen LogP contribution in [-0.4, -0.2) is 17.6 Å². The summed E-state index contributed by atoms with van der Waals surface area (Å²) in [5, 5.41) is 3.45. The average Bonchev–Trinajstić information content (AvgIpc) is 2.88. The fourth-order valence-electron chi connectivity index (χ4n) is 1.50. The number of aryl methyl sites for hydroxylation is 1. The van der Waals surface area contributed by atoms with Crippen molar-refractivity contribution < 1.29 is 4.42 Å². The summed E-state index contributed by atoms with van der Waals surface area (Å²) in [7, 11) is 0. The molecule has 14 heavy (non-hydrogen) atoms. The lowest BCUT2D eigenvalue weighted by Crippen LogP contribution is -2.19. The fourth-order valence-corrected chi connectivity index (χ4v) is 1.50. The lowest BCUT2D eigenvalue weighted by atomic mass is 10.3. The molecule has 0 spiro atoms. The van der Waals surface area contributed by atoms with E-state index in [1.807, 2.05) is 6.20 Å². The zero-order valence-electron chi connectivity index (χ0n) is 8.75. The molecule has 1 saturated carbocycles. The summed E-state index contributed by atoms with van der Waals surface area (Å²) >= 11 is 0. The van der Waals surface area contributed by atoms with E-state index in [1.54, 1.807) is 0 Å². The molecule has 0 radical (unpaired) electrons. The van der Waals surface area contributed by atoms with Crippen LogP contribution in [0.4, 0.5) is 0 Å². The van der Waals surface area contributed by atoms with Gasteiger partial charge in [-0.2, -0.15) is 0 Å². The van der Waals surface area contributed by atoms with E-state index in [1.165, 1.54) is 12.8 Å². The molecule has 0 saturated heterocycles. The van der Waals surface area contributed by atoms with E-state index < -0.39 is 0 Å². The minimum Gasteiger partial charge on any atom is -0.446 e. The zero-order valence-corrected chi connectivity index (χ0v) is 8.75. The summed E-state index contributed by atoms with van der Waals surface area (Å²) in [6.07, 6.45) is 7.58. The molecular formula is C11H18N2O. The zero-order chi connectivity index (χ0) is 9.80. The molecule has 0 aromatic carbocycles. The van der Waals surface area contributed by atoms with Gasteiger partial charge in [-0.15, -0.1) is 0 Å². The number of oxazole rings is 1. The first kappa shape index (κ1) is 9.71. The Kier molecular flexibility index (Phi) is 3.19. The highest BCUT2D eigenvalue weighted by Crippen LogP contribution is 2.18. The average molecular weight is 194 g/mol. The lowest BCUT2D eigenvalue weighted by molar-refractivity contribution is 0.446. The molecule has 1 N–H and O–H groups in total. The normalized spacial score (nSPS) is 16.1. The monoisotopic (exact) mass is 194 g/mol. The molecule has 0 aliphatic heterocycles. The van der Waals surface area contributed by atoms with E-state index in [2.05, 4.69) is 17.2 Å². The van der Waals surface area contributed by atoms with Crippen molar-refractivity contribution in [2.45, 2.75) is 45.1 Å². The highest BCUT2D eigenvalue weighted by molar-refractivity contribution is 4.95. The Hall–Kier alpha value is -0.830. The van der Waals surface area contributed by atoms with Gasteiger partial charge in [0.1, 0.15) is 5.76 Å². The van der Waals surface area contributed by atoms with Crippen molar-refractivity contribution in [3.63, 3.8) is 0 Å². The Bertz CT molecular complexity index is 279. The third-order valence-electron chi connectivity index (χ3n) is 2.45. The van der Waals surface area contributed by atoms with Gasteiger partial charge < -0.3 is 9.73 Å². The van der Waals surface area contributed by atoms with Gasteiger partial charge in [-0.3, -0.25) is 0 Å². The maximum absolute atomic E-state index is 5.58. The Morgan fingerprint density at radius 1 is 1.50 bits per heavy atom. The van der Waals surface area contributed by atoms with Crippen molar-refractivity contribution in [3.8, 4) is 0 Å². The number of rotatable bonds is 6. The van der Waals surface area contributed by atoms with Crippen LogP contribution in [0.1, 0.15) is 37.8 Å². The number of nitrogens with zero attached hydrogens (tertiary/aromatic N) is 1. The van der Waals surface area contributed by atoms with Crippen molar-refractivity contribution in [2.24, 2.45) is 0 Å². The predicted molar refractivity (Wildman–Crippen MR) is 55.2 cm³/mol. The van der Waals surface area contributed by atoms with Crippen LogP contribution >= 0.6 is 0 Å². The quantitative estimate of drug-likeness (QED) is 0.752. The van der Waals surface area contributed by atoms with Crippen LogP contribution in [0.5, 0.6) is 0 Å². The molecule has 1 fully saturated rings. The molecule has 0 unspecified atom stereocenters. The third-order valence-corrected chi connectivity index (χ3v) is 2.45. The van der Waals surface area contributed by atoms with Crippen molar-refractivity contribution in [1.82, 2.24) is 10.3 Å². The largest absolute Gasteiger partial charge is 0.446 e. The molecule has 1 aliphatic carbocycles. The second kappa shape index (κ2) is 4.60. The predicted octanol–water partition coefficient (Wildman–Crippen LogP) is 1.92. The topological polar surface area (TPSA) is 38.1 Å². The smallest absolute Gasteiger partial charge is 0.195 e. The van der Waals surface area contributed by atoms with Crippen LogP contribution in [0.25, 0.3) is 0 Å². The van der Waals surface area contributed by atoms with Crippen LogP contribution in [-0.2, 0) is 12.8 Å². The fraction of sp³-hybridized carbons (Fsp3) is 0.727. The second-order valence-corrected chi connectivity index (χ2v) is 3.95. The van der Waals surface area contributed by atoms with Crippen LogP contribution in [0.15, 0.2) is 10.6 Å². The van der Waals surface area contributed by atoms with Gasteiger partial charge in [0.05, 0.1) is 6.20 Å². The van der Waals surface area contributed by atoms with E-state index in [-0.39, 0.29) is 0 Å². The summed E-state index contributed by atoms with van der Waals surface area (Å²) in [6.45, 7) is 3.15. The summed E-state index contributed by atoms with van der Waals surface area (Å²) in [5.41, 5.74) is 0. The highest BCUT2D eigenvalue weighted by Gasteiger charge is 2.19. The number of nitrogens with one attached hydrogen (secondary N) is 1. The molecule has 1 aromatic heterocycles. The van der Waals surface area contributed by atoms with Crippen LogP contribution < -0.4 is 5.32 Å². The van der Waals surface area contributed by atoms with Gasteiger partial charge in [0.25, 0.3) is 0 Å². The molecule has 3 nitrogen and oxygen atoms in total. The Labute approximate surface area is 84.9 Å². The minimum absolute atomic E-state index is 0.778. The van der Waals surface area contributed by atoms with Crippen LogP contribution in [0.2, 0.25) is 0 Å². The molecule has 1 aromatic rings. The Morgan fingerprint density at radius 3 is 3.07 bits per heavy atom. The van der Waals surface area contributed by atoms with Gasteiger partial charge in [-0.25, -0.2) is 4.98 Å². The van der Waals surface area contributed by atoms with Crippen molar-refractivity contribution in [2.75, 3.05) is 6.54 Å². The van der Waals surface area contributed by atoms with Gasteiger partial charge in [-0.1, -0.05) is 6.92 Å². The Balaban J connectivity index is 1.71. The van der Waals surface area contributed by atoms with Gasteiger partial charge in [0.2, 0.25) is 0 Å². The van der Waals surface area contributed by atoms with Gasteiger partial charge in [-0.05, 0) is 19.3 Å². The molecular weight excluding hydrogens is 176 g/mol. The lowest BCUT2D eigenvalue weighted by Gasteiger charge is -1.98. The van der Waals surface area contributed by atoms with E-state index in [0.29, 0.717) is 0 Å². The van der Waals surface area contributed by atoms with Crippen LogP contribution in [0, 0.1) is 0 Å². The molecule has 78 valence electrons. The van der Waals surface area contributed by atoms with E-state index >= 15 is 0 Å². The first-order valence-electron chi connectivity index (χ1n) is 5.55. The van der Waals surface area contributed by atoms with E-state index in [0.717, 1.165) is 43.5 Å². The SMILES string of the molecule is CCCc1cnc(CCNC2CC2)o1. The second-order valence-electron chi connectivity index (χ2n) is 3.95. The molecule has 1 aliphatic rings. The highest BCUT2D eigenvalue weighted by atomic mass is 16.4. The van der Waals surface area contributed by atoms with Gasteiger partial charge in [0, 0.05) is 25.4 Å².